The van der Waals surface area contributed by atoms with Gasteiger partial charge in [0.1, 0.15) is 17.6 Å². The molecule has 1 atom stereocenters. The van der Waals surface area contributed by atoms with Gasteiger partial charge in [-0.1, -0.05) is 0 Å². The van der Waals surface area contributed by atoms with Crippen molar-refractivity contribution in [3.05, 3.63) is 18.2 Å². The summed E-state index contributed by atoms with van der Waals surface area (Å²) in [5.74, 6) is 1.50. The zero-order valence-electron chi connectivity index (χ0n) is 9.77. The van der Waals surface area contributed by atoms with Crippen LogP contribution in [0.5, 0.6) is 11.5 Å². The molecule has 0 amide bonds. The molecule has 1 aliphatic rings. The summed E-state index contributed by atoms with van der Waals surface area (Å²) in [6.45, 7) is 2.07. The van der Waals surface area contributed by atoms with Gasteiger partial charge in [0.25, 0.3) is 0 Å². The van der Waals surface area contributed by atoms with E-state index in [1.807, 2.05) is 18.2 Å². The molecular formula is C12H18N2O2. The third-order valence-corrected chi connectivity index (χ3v) is 2.86. The molecule has 1 saturated heterocycles. The maximum atomic E-state index is 5.87. The number of likely N-dealkylation sites (N-methyl/N-ethyl adjacent to an activating group) is 1. The normalized spacial score (nSPS) is 21.0. The molecule has 0 aliphatic carbocycles. The van der Waals surface area contributed by atoms with Gasteiger partial charge in [0.05, 0.1) is 12.8 Å². The summed E-state index contributed by atoms with van der Waals surface area (Å²) < 4.78 is 11.0. The minimum absolute atomic E-state index is 0.276. The summed E-state index contributed by atoms with van der Waals surface area (Å²) in [6.07, 6.45) is 1.35. The van der Waals surface area contributed by atoms with E-state index in [0.29, 0.717) is 11.4 Å². The first-order valence-electron chi connectivity index (χ1n) is 5.48. The Morgan fingerprint density at radius 3 is 2.88 bits per heavy atom. The topological polar surface area (TPSA) is 47.7 Å². The maximum Gasteiger partial charge on any atom is 0.145 e. The average Bonchev–Trinajstić information content (AvgIpc) is 2.67. The van der Waals surface area contributed by atoms with Crippen LogP contribution >= 0.6 is 0 Å². The van der Waals surface area contributed by atoms with Crippen molar-refractivity contribution in [1.82, 2.24) is 4.90 Å². The average molecular weight is 222 g/mol. The fourth-order valence-corrected chi connectivity index (χ4v) is 1.95. The lowest BCUT2D eigenvalue weighted by Crippen LogP contribution is -2.21. The number of nitrogens with zero attached hydrogens (tertiary/aromatic N) is 1. The van der Waals surface area contributed by atoms with Gasteiger partial charge < -0.3 is 20.1 Å². The summed E-state index contributed by atoms with van der Waals surface area (Å²) in [5, 5.41) is 0. The Balaban J connectivity index is 2.04. The van der Waals surface area contributed by atoms with Crippen molar-refractivity contribution in [3.8, 4) is 11.5 Å². The first kappa shape index (κ1) is 11.1. The second kappa shape index (κ2) is 4.61. The van der Waals surface area contributed by atoms with E-state index in [1.54, 1.807) is 7.11 Å². The van der Waals surface area contributed by atoms with Crippen LogP contribution in [0.4, 0.5) is 5.69 Å². The standard InChI is InChI=1S/C12H18N2O2/c1-14-6-5-10(8-14)16-9-3-4-11(13)12(7-9)15-2/h3-4,7,10H,5-6,8,13H2,1-2H3/t10-/m0/s1. The molecule has 0 bridgehead atoms. The number of nitrogen functional groups attached to an aromatic ring is 1. The largest absolute Gasteiger partial charge is 0.494 e. The maximum absolute atomic E-state index is 5.87. The fraction of sp³-hybridized carbons (Fsp3) is 0.500. The molecule has 2 rings (SSSR count). The molecule has 1 aromatic rings. The molecule has 4 heteroatoms. The van der Waals surface area contributed by atoms with E-state index in [9.17, 15) is 0 Å². The minimum atomic E-state index is 0.276. The number of nitrogens with two attached hydrogens (primary N) is 1. The Labute approximate surface area is 95.9 Å². The van der Waals surface area contributed by atoms with Gasteiger partial charge >= 0.3 is 0 Å². The molecule has 0 unspecified atom stereocenters. The SMILES string of the molecule is COc1cc(O[C@H]2CCN(C)C2)ccc1N. The van der Waals surface area contributed by atoms with Gasteiger partial charge in [-0.3, -0.25) is 0 Å². The number of rotatable bonds is 3. The number of hydrogen-bond donors (Lipinski definition) is 1. The molecule has 1 aliphatic heterocycles. The smallest absolute Gasteiger partial charge is 0.145 e. The summed E-state index contributed by atoms with van der Waals surface area (Å²) in [4.78, 5) is 2.26. The lowest BCUT2D eigenvalue weighted by atomic mass is 10.2. The lowest BCUT2D eigenvalue weighted by Gasteiger charge is -2.15. The van der Waals surface area contributed by atoms with E-state index in [1.165, 1.54) is 0 Å². The summed E-state index contributed by atoms with van der Waals surface area (Å²) in [6, 6.07) is 5.54. The summed E-state index contributed by atoms with van der Waals surface area (Å²) in [7, 11) is 3.71. The van der Waals surface area contributed by atoms with Crippen LogP contribution in [0.3, 0.4) is 0 Å². The van der Waals surface area contributed by atoms with Crippen LogP contribution < -0.4 is 15.2 Å². The highest BCUT2D eigenvalue weighted by molar-refractivity contribution is 5.55. The van der Waals surface area contributed by atoms with Crippen LogP contribution in [0, 0.1) is 0 Å². The molecule has 1 aromatic carbocycles. The van der Waals surface area contributed by atoms with E-state index >= 15 is 0 Å². The molecule has 0 radical (unpaired) electrons. The number of methoxy groups -OCH3 is 1. The summed E-state index contributed by atoms with van der Waals surface area (Å²) in [5.41, 5.74) is 6.38. The van der Waals surface area contributed by atoms with Gasteiger partial charge in [0.2, 0.25) is 0 Å². The van der Waals surface area contributed by atoms with Crippen LogP contribution in [0.1, 0.15) is 6.42 Å². The molecule has 1 fully saturated rings. The van der Waals surface area contributed by atoms with Gasteiger partial charge in [-0.25, -0.2) is 0 Å². The van der Waals surface area contributed by atoms with Crippen molar-refractivity contribution in [3.63, 3.8) is 0 Å². The molecule has 16 heavy (non-hydrogen) atoms. The molecule has 88 valence electrons. The highest BCUT2D eigenvalue weighted by Gasteiger charge is 2.21. The number of hydrogen-bond acceptors (Lipinski definition) is 4. The van der Waals surface area contributed by atoms with Crippen LogP contribution in [-0.2, 0) is 0 Å². The molecule has 1 heterocycles. The van der Waals surface area contributed by atoms with Crippen LogP contribution in [-0.4, -0.2) is 38.3 Å². The second-order valence-corrected chi connectivity index (χ2v) is 4.19. The zero-order chi connectivity index (χ0) is 11.5. The van der Waals surface area contributed by atoms with Gasteiger partial charge in [-0.2, -0.15) is 0 Å². The van der Waals surface area contributed by atoms with Crippen molar-refractivity contribution in [2.45, 2.75) is 12.5 Å². The van der Waals surface area contributed by atoms with Gasteiger partial charge in [-0.15, -0.1) is 0 Å². The van der Waals surface area contributed by atoms with E-state index < -0.39 is 0 Å². The van der Waals surface area contributed by atoms with Gasteiger partial charge in [-0.05, 0) is 25.6 Å². The monoisotopic (exact) mass is 222 g/mol. The highest BCUT2D eigenvalue weighted by atomic mass is 16.5. The van der Waals surface area contributed by atoms with Gasteiger partial charge in [0.15, 0.2) is 0 Å². The van der Waals surface area contributed by atoms with E-state index in [4.69, 9.17) is 15.2 Å². The summed E-state index contributed by atoms with van der Waals surface area (Å²) >= 11 is 0. The Morgan fingerprint density at radius 2 is 2.25 bits per heavy atom. The van der Waals surface area contributed by atoms with E-state index in [-0.39, 0.29) is 6.10 Å². The van der Waals surface area contributed by atoms with Crippen molar-refractivity contribution in [1.29, 1.82) is 0 Å². The highest BCUT2D eigenvalue weighted by Crippen LogP contribution is 2.28. The van der Waals surface area contributed by atoms with Crippen molar-refractivity contribution in [2.75, 3.05) is 33.0 Å². The molecular weight excluding hydrogens is 204 g/mol. The Hall–Kier alpha value is -1.42. The number of ether oxygens (including phenoxy) is 2. The molecule has 2 N–H and O–H groups in total. The number of anilines is 1. The first-order chi connectivity index (χ1) is 7.69. The Kier molecular flexibility index (Phi) is 3.19. The van der Waals surface area contributed by atoms with Crippen molar-refractivity contribution >= 4 is 5.69 Å². The second-order valence-electron chi connectivity index (χ2n) is 4.19. The zero-order valence-corrected chi connectivity index (χ0v) is 9.77. The third kappa shape index (κ3) is 2.39. The molecule has 4 nitrogen and oxygen atoms in total. The minimum Gasteiger partial charge on any atom is -0.494 e. The van der Waals surface area contributed by atoms with Crippen molar-refractivity contribution in [2.24, 2.45) is 0 Å². The Bertz CT molecular complexity index is 368. The lowest BCUT2D eigenvalue weighted by molar-refractivity contribution is 0.207. The van der Waals surface area contributed by atoms with Crippen LogP contribution in [0.2, 0.25) is 0 Å². The predicted octanol–water partition coefficient (Wildman–Crippen LogP) is 1.36. The number of likely N-dealkylation sites (tertiary alicyclic amines) is 1. The third-order valence-electron chi connectivity index (χ3n) is 2.86. The molecule has 0 saturated carbocycles. The number of benzene rings is 1. The van der Waals surface area contributed by atoms with Crippen LogP contribution in [0.25, 0.3) is 0 Å². The van der Waals surface area contributed by atoms with E-state index in [2.05, 4.69) is 11.9 Å². The molecule has 0 aromatic heterocycles. The predicted molar refractivity (Wildman–Crippen MR) is 63.9 cm³/mol. The van der Waals surface area contributed by atoms with Crippen LogP contribution in [0.15, 0.2) is 18.2 Å². The Morgan fingerprint density at radius 1 is 1.44 bits per heavy atom. The molecule has 0 spiro atoms. The van der Waals surface area contributed by atoms with Crippen molar-refractivity contribution < 1.29 is 9.47 Å². The van der Waals surface area contributed by atoms with E-state index in [0.717, 1.165) is 25.3 Å². The van der Waals surface area contributed by atoms with Gasteiger partial charge in [0, 0.05) is 19.2 Å². The fourth-order valence-electron chi connectivity index (χ4n) is 1.95. The quantitative estimate of drug-likeness (QED) is 0.784. The first-order valence-corrected chi connectivity index (χ1v) is 5.48.